The van der Waals surface area contributed by atoms with Gasteiger partial charge in [0.05, 0.1) is 23.6 Å². The first-order valence-electron chi connectivity index (χ1n) is 8.08. The van der Waals surface area contributed by atoms with Crippen LogP contribution in [0.3, 0.4) is 0 Å². The van der Waals surface area contributed by atoms with Crippen molar-refractivity contribution in [2.75, 3.05) is 13.1 Å². The Morgan fingerprint density at radius 3 is 2.50 bits per heavy atom. The summed E-state index contributed by atoms with van der Waals surface area (Å²) >= 11 is 0. The van der Waals surface area contributed by atoms with E-state index in [1.807, 2.05) is 0 Å². The first kappa shape index (κ1) is 19.7. The van der Waals surface area contributed by atoms with Gasteiger partial charge in [-0.3, -0.25) is 14.4 Å². The largest absolute Gasteiger partial charge is 0.481 e. The number of piperidine rings is 1. The van der Waals surface area contributed by atoms with Crippen molar-refractivity contribution in [1.29, 1.82) is 0 Å². The predicted octanol–water partition coefficient (Wildman–Crippen LogP) is 2.15. The maximum atomic E-state index is 13.0. The number of alkyl halides is 3. The third-order valence-corrected chi connectivity index (χ3v) is 4.43. The number of benzene rings is 1. The van der Waals surface area contributed by atoms with Crippen LogP contribution in [-0.2, 0) is 15.8 Å². The molecule has 1 aromatic rings. The van der Waals surface area contributed by atoms with Gasteiger partial charge in [0.2, 0.25) is 5.91 Å². The molecule has 9 heteroatoms. The van der Waals surface area contributed by atoms with Gasteiger partial charge in [0.1, 0.15) is 0 Å². The number of carboxylic acids is 1. The smallest absolute Gasteiger partial charge is 0.417 e. The lowest BCUT2D eigenvalue weighted by molar-refractivity contribution is -0.147. The third kappa shape index (κ3) is 4.53. The summed E-state index contributed by atoms with van der Waals surface area (Å²) in [6.45, 7) is 1.28. The first-order chi connectivity index (χ1) is 12.1. The lowest BCUT2D eigenvalue weighted by atomic mass is 9.93. The Morgan fingerprint density at radius 1 is 1.23 bits per heavy atom. The number of nitrogens with zero attached hydrogens (tertiary/aromatic N) is 1. The van der Waals surface area contributed by atoms with E-state index in [2.05, 4.69) is 5.32 Å². The number of hydrogen-bond acceptors (Lipinski definition) is 3. The molecule has 6 nitrogen and oxygen atoms in total. The Labute approximate surface area is 148 Å². The topological polar surface area (TPSA) is 86.7 Å². The fourth-order valence-corrected chi connectivity index (χ4v) is 2.94. The molecule has 0 radical (unpaired) electrons. The Kier molecular flexibility index (Phi) is 5.89. The second-order valence-corrected chi connectivity index (χ2v) is 6.23. The van der Waals surface area contributed by atoms with Crippen molar-refractivity contribution in [1.82, 2.24) is 10.2 Å². The standard InChI is InChI=1S/C17H19F3N2O4/c1-10-6-7-11(16(25)26)9-22(10)14(23)8-21-15(24)12-4-2-3-5-13(12)17(18,19)20/h2-5,10-11H,6-9H2,1H3,(H,21,24)(H,25,26). The third-order valence-electron chi connectivity index (χ3n) is 4.43. The molecule has 0 spiro atoms. The second-order valence-electron chi connectivity index (χ2n) is 6.23. The van der Waals surface area contributed by atoms with Crippen LogP contribution in [0.15, 0.2) is 24.3 Å². The Morgan fingerprint density at radius 2 is 1.88 bits per heavy atom. The minimum Gasteiger partial charge on any atom is -0.481 e. The fourth-order valence-electron chi connectivity index (χ4n) is 2.94. The van der Waals surface area contributed by atoms with Gasteiger partial charge in [-0.2, -0.15) is 13.2 Å². The summed E-state index contributed by atoms with van der Waals surface area (Å²) in [5.74, 6) is -3.22. The van der Waals surface area contributed by atoms with E-state index in [1.165, 1.54) is 17.0 Å². The summed E-state index contributed by atoms with van der Waals surface area (Å²) in [5, 5.41) is 11.3. The average Bonchev–Trinajstić information content (AvgIpc) is 2.58. The Hall–Kier alpha value is -2.58. The van der Waals surface area contributed by atoms with Crippen LogP contribution in [0.4, 0.5) is 13.2 Å². The number of hydrogen-bond donors (Lipinski definition) is 2. The molecule has 2 amide bonds. The van der Waals surface area contributed by atoms with Crippen molar-refractivity contribution in [2.24, 2.45) is 5.92 Å². The lowest BCUT2D eigenvalue weighted by Gasteiger charge is -2.36. The summed E-state index contributed by atoms with van der Waals surface area (Å²) in [4.78, 5) is 36.8. The van der Waals surface area contributed by atoms with E-state index in [4.69, 9.17) is 5.11 Å². The van der Waals surface area contributed by atoms with Gasteiger partial charge in [-0.05, 0) is 31.9 Å². The number of likely N-dealkylation sites (tertiary alicyclic amines) is 1. The number of nitrogens with one attached hydrogen (secondary N) is 1. The van der Waals surface area contributed by atoms with Crippen LogP contribution in [0, 0.1) is 5.92 Å². The normalized spacial score (nSPS) is 20.5. The number of aliphatic carboxylic acids is 1. The van der Waals surface area contributed by atoms with E-state index < -0.39 is 47.5 Å². The van der Waals surface area contributed by atoms with Crippen molar-refractivity contribution in [3.63, 3.8) is 0 Å². The van der Waals surface area contributed by atoms with Gasteiger partial charge in [-0.15, -0.1) is 0 Å². The molecular weight excluding hydrogens is 353 g/mol. The van der Waals surface area contributed by atoms with Crippen LogP contribution in [-0.4, -0.2) is 46.9 Å². The minimum absolute atomic E-state index is 0.0182. The zero-order chi connectivity index (χ0) is 19.5. The molecule has 142 valence electrons. The molecular formula is C17H19F3N2O4. The van der Waals surface area contributed by atoms with Crippen LogP contribution in [0.2, 0.25) is 0 Å². The van der Waals surface area contributed by atoms with E-state index >= 15 is 0 Å². The van der Waals surface area contributed by atoms with E-state index in [1.54, 1.807) is 6.92 Å². The summed E-state index contributed by atoms with van der Waals surface area (Å²) in [6.07, 6.45) is -3.73. The van der Waals surface area contributed by atoms with Crippen molar-refractivity contribution >= 4 is 17.8 Å². The first-order valence-corrected chi connectivity index (χ1v) is 8.08. The van der Waals surface area contributed by atoms with Crippen LogP contribution < -0.4 is 5.32 Å². The molecule has 0 aromatic heterocycles. The molecule has 1 fully saturated rings. The number of rotatable bonds is 4. The average molecular weight is 372 g/mol. The summed E-state index contributed by atoms with van der Waals surface area (Å²) < 4.78 is 38.9. The van der Waals surface area contributed by atoms with Crippen molar-refractivity contribution in [2.45, 2.75) is 32.0 Å². The highest BCUT2D eigenvalue weighted by molar-refractivity contribution is 5.98. The van der Waals surface area contributed by atoms with Gasteiger partial charge in [0.15, 0.2) is 0 Å². The molecule has 2 rings (SSSR count). The Balaban J connectivity index is 2.03. The molecule has 1 aliphatic rings. The van der Waals surface area contributed by atoms with Gasteiger partial charge in [-0.25, -0.2) is 0 Å². The van der Waals surface area contributed by atoms with Crippen molar-refractivity contribution < 1.29 is 32.7 Å². The summed E-state index contributed by atoms with van der Waals surface area (Å²) in [5.41, 5.74) is -1.65. The lowest BCUT2D eigenvalue weighted by Crippen LogP contribution is -2.50. The molecule has 0 bridgehead atoms. The SMILES string of the molecule is CC1CCC(C(=O)O)CN1C(=O)CNC(=O)c1ccccc1C(F)(F)F. The van der Waals surface area contributed by atoms with E-state index in [-0.39, 0.29) is 12.6 Å². The highest BCUT2D eigenvalue weighted by Crippen LogP contribution is 2.31. The molecule has 1 aliphatic heterocycles. The van der Waals surface area contributed by atoms with Crippen molar-refractivity contribution in [3.05, 3.63) is 35.4 Å². The molecule has 1 heterocycles. The van der Waals surface area contributed by atoms with Gasteiger partial charge >= 0.3 is 12.1 Å². The number of amides is 2. The Bertz CT molecular complexity index is 705. The molecule has 2 atom stereocenters. The molecule has 0 aliphatic carbocycles. The van der Waals surface area contributed by atoms with Gasteiger partial charge in [0, 0.05) is 12.6 Å². The van der Waals surface area contributed by atoms with Crippen molar-refractivity contribution in [3.8, 4) is 0 Å². The number of halogens is 3. The number of carbonyl (C=O) groups excluding carboxylic acids is 2. The van der Waals surface area contributed by atoms with Crippen LogP contribution in [0.1, 0.15) is 35.7 Å². The fraction of sp³-hybridized carbons (Fsp3) is 0.471. The second kappa shape index (κ2) is 7.76. The summed E-state index contributed by atoms with van der Waals surface area (Å²) in [7, 11) is 0. The maximum Gasteiger partial charge on any atom is 0.417 e. The molecule has 2 N–H and O–H groups in total. The van der Waals surface area contributed by atoms with Gasteiger partial charge < -0.3 is 15.3 Å². The molecule has 0 saturated carbocycles. The molecule has 26 heavy (non-hydrogen) atoms. The summed E-state index contributed by atoms with van der Waals surface area (Å²) in [6, 6.07) is 4.10. The van der Waals surface area contributed by atoms with E-state index in [0.717, 1.165) is 12.1 Å². The molecule has 1 aromatic carbocycles. The number of carboxylic acid groups (broad SMARTS) is 1. The minimum atomic E-state index is -4.69. The van der Waals surface area contributed by atoms with E-state index in [9.17, 15) is 27.6 Å². The highest BCUT2D eigenvalue weighted by Gasteiger charge is 2.35. The number of carbonyl (C=O) groups is 3. The zero-order valence-electron chi connectivity index (χ0n) is 14.0. The highest BCUT2D eigenvalue weighted by atomic mass is 19.4. The monoisotopic (exact) mass is 372 g/mol. The quantitative estimate of drug-likeness (QED) is 0.848. The van der Waals surface area contributed by atoms with Crippen LogP contribution >= 0.6 is 0 Å². The molecule has 1 saturated heterocycles. The van der Waals surface area contributed by atoms with E-state index in [0.29, 0.717) is 12.8 Å². The predicted molar refractivity (Wildman–Crippen MR) is 85.3 cm³/mol. The zero-order valence-corrected chi connectivity index (χ0v) is 14.0. The van der Waals surface area contributed by atoms with Gasteiger partial charge in [-0.1, -0.05) is 12.1 Å². The van der Waals surface area contributed by atoms with Gasteiger partial charge in [0.25, 0.3) is 5.91 Å². The van der Waals surface area contributed by atoms with Crippen LogP contribution in [0.5, 0.6) is 0 Å². The van der Waals surface area contributed by atoms with Crippen LogP contribution in [0.25, 0.3) is 0 Å². The molecule has 2 unspecified atom stereocenters. The maximum absolute atomic E-state index is 13.0.